The van der Waals surface area contributed by atoms with Crippen molar-refractivity contribution in [1.29, 1.82) is 5.26 Å². The molecule has 0 fully saturated rings. The SMILES string of the molecule is CC(=O)[C@H](O)[C@@H](N)c1ccccc1.CC(=O)[C@H](O)[C@@H](NC(=O)OC(C)(C)C)c1ccccc1.CC(C)(C)C(=O)O/N=C(/C#N)c1ccccc1.CCC[Si](C)(C)C. The molecule has 0 saturated carbocycles. The fourth-order valence-corrected chi connectivity index (χ4v) is 5.99. The van der Waals surface area contributed by atoms with Gasteiger partial charge >= 0.3 is 12.1 Å². The van der Waals surface area contributed by atoms with Gasteiger partial charge in [-0.1, -0.05) is 135 Å². The van der Waals surface area contributed by atoms with E-state index in [9.17, 15) is 29.4 Å². The molecule has 0 heterocycles. The number of nitriles is 1. The first-order valence-corrected chi connectivity index (χ1v) is 22.5. The van der Waals surface area contributed by atoms with Gasteiger partial charge in [-0.3, -0.25) is 9.59 Å². The maximum Gasteiger partial charge on any atom is 0.408 e. The standard InChI is InChI=1S/C15H21NO4.C13H14N2O2.C10H13NO2.C6H16Si/c1-10(17)13(18)12(11-8-6-5-7-9-11)16-14(19)20-15(2,3)4;1-13(2,3)12(16)17-15-11(9-14)10-7-5-4-6-8-10;1-7(12)10(13)9(11)8-5-3-2-4-6-8;1-5-6-7(2,3)4/h5-9,12-13,18H,1-4H3,(H,16,19);4-8H,1-3H3;2-6,9-10,13H,11H2,1H3;5-6H2,1-4H3/b;15-11-;;/t12-,13-;;9-,10-;/m0.0./s1. The number of amides is 1. The third kappa shape index (κ3) is 23.0. The second-order valence-electron chi connectivity index (χ2n) is 16.4. The molecule has 0 saturated heterocycles. The summed E-state index contributed by atoms with van der Waals surface area (Å²) >= 11 is 0. The van der Waals surface area contributed by atoms with Crippen LogP contribution in [0.3, 0.4) is 0 Å². The van der Waals surface area contributed by atoms with Gasteiger partial charge in [0.25, 0.3) is 0 Å². The number of hydrogen-bond donors (Lipinski definition) is 4. The van der Waals surface area contributed by atoms with Gasteiger partial charge in [0, 0.05) is 13.6 Å². The minimum Gasteiger partial charge on any atom is -0.444 e. The molecule has 0 aromatic heterocycles. The Balaban J connectivity index is 0.000000773. The van der Waals surface area contributed by atoms with Crippen molar-refractivity contribution < 1.29 is 39.0 Å². The van der Waals surface area contributed by atoms with E-state index in [0.717, 1.165) is 5.56 Å². The fourth-order valence-electron chi connectivity index (χ4n) is 4.49. The van der Waals surface area contributed by atoms with Crippen molar-refractivity contribution in [3.63, 3.8) is 0 Å². The van der Waals surface area contributed by atoms with E-state index in [-0.39, 0.29) is 11.5 Å². The number of nitrogens with one attached hydrogen (secondary N) is 1. The monoisotopic (exact) mass is 804 g/mol. The predicted molar refractivity (Wildman–Crippen MR) is 228 cm³/mol. The van der Waals surface area contributed by atoms with Crippen molar-refractivity contribution in [3.05, 3.63) is 108 Å². The number of nitrogens with zero attached hydrogens (tertiary/aromatic N) is 2. The summed E-state index contributed by atoms with van der Waals surface area (Å²) < 4.78 is 5.15. The van der Waals surface area contributed by atoms with Crippen LogP contribution in [0.1, 0.15) is 97.5 Å². The highest BCUT2D eigenvalue weighted by molar-refractivity contribution is 6.76. The topological polar surface area (TPSA) is 201 Å². The van der Waals surface area contributed by atoms with E-state index in [0.29, 0.717) is 11.1 Å². The van der Waals surface area contributed by atoms with E-state index >= 15 is 0 Å². The Morgan fingerprint density at radius 2 is 1.23 bits per heavy atom. The maximum absolute atomic E-state index is 11.8. The van der Waals surface area contributed by atoms with Gasteiger partial charge in [0.1, 0.15) is 23.9 Å². The molecule has 0 spiro atoms. The Kier molecular flexibility index (Phi) is 23.1. The molecule has 3 aromatic carbocycles. The molecule has 0 unspecified atom stereocenters. The maximum atomic E-state index is 11.8. The van der Waals surface area contributed by atoms with E-state index in [1.54, 1.807) is 102 Å². The summed E-state index contributed by atoms with van der Waals surface area (Å²) in [7, 11) is -0.657. The molecule has 0 aliphatic carbocycles. The summed E-state index contributed by atoms with van der Waals surface area (Å²) in [5, 5.41) is 34.4. The van der Waals surface area contributed by atoms with E-state index in [2.05, 4.69) is 37.0 Å². The van der Waals surface area contributed by atoms with Crippen LogP contribution in [0.4, 0.5) is 4.79 Å². The number of aliphatic hydroxyl groups excluding tert-OH is 2. The molecule has 5 N–H and O–H groups in total. The van der Waals surface area contributed by atoms with Gasteiger partial charge in [-0.05, 0) is 66.5 Å². The Bertz CT molecular complexity index is 1730. The van der Waals surface area contributed by atoms with Gasteiger partial charge in [0.05, 0.1) is 17.5 Å². The van der Waals surface area contributed by atoms with Gasteiger partial charge in [-0.25, -0.2) is 9.59 Å². The molecular weight excluding hydrogens is 741 g/mol. The second kappa shape index (κ2) is 25.3. The van der Waals surface area contributed by atoms with Crippen molar-refractivity contribution in [2.24, 2.45) is 16.3 Å². The number of alkyl carbamates (subject to hydrolysis) is 1. The smallest absolute Gasteiger partial charge is 0.408 e. The minimum absolute atomic E-state index is 0.0863. The minimum atomic E-state index is -1.31. The summed E-state index contributed by atoms with van der Waals surface area (Å²) in [5.74, 6) is -1.20. The van der Waals surface area contributed by atoms with E-state index in [1.165, 1.54) is 26.3 Å². The van der Waals surface area contributed by atoms with Gasteiger partial charge in [-0.15, -0.1) is 0 Å². The first-order valence-electron chi connectivity index (χ1n) is 18.8. The van der Waals surface area contributed by atoms with Crippen LogP contribution in [0, 0.1) is 16.7 Å². The summed E-state index contributed by atoms with van der Waals surface area (Å²) in [5.41, 5.74) is 6.50. The lowest BCUT2D eigenvalue weighted by atomic mass is 9.98. The fraction of sp³-hybridized carbons (Fsp3) is 0.455. The third-order valence-corrected chi connectivity index (χ3v) is 9.49. The van der Waals surface area contributed by atoms with E-state index in [1.807, 2.05) is 36.4 Å². The number of ether oxygens (including phenoxy) is 1. The van der Waals surface area contributed by atoms with Crippen LogP contribution in [-0.4, -0.2) is 65.4 Å². The average Bonchev–Trinajstić information content (AvgIpc) is 3.13. The zero-order chi connectivity index (χ0) is 44.0. The Morgan fingerprint density at radius 3 is 1.58 bits per heavy atom. The Morgan fingerprint density at radius 1 is 0.789 bits per heavy atom. The zero-order valence-electron chi connectivity index (χ0n) is 35.7. The molecule has 0 radical (unpaired) electrons. The summed E-state index contributed by atoms with van der Waals surface area (Å²) in [6, 6.07) is 28.7. The van der Waals surface area contributed by atoms with Crippen LogP contribution in [0.25, 0.3) is 0 Å². The highest BCUT2D eigenvalue weighted by atomic mass is 28.3. The number of Topliss-reactive ketones (excluding diaryl/α,β-unsaturated/α-hetero) is 2. The quantitative estimate of drug-likeness (QED) is 0.0635. The Hall–Kier alpha value is -5.00. The Labute approximate surface area is 340 Å². The predicted octanol–water partition coefficient (Wildman–Crippen LogP) is 8.08. The molecule has 312 valence electrons. The molecule has 57 heavy (non-hydrogen) atoms. The number of oxime groups is 1. The highest BCUT2D eigenvalue weighted by Gasteiger charge is 2.28. The molecule has 13 heteroatoms. The number of benzene rings is 3. The third-order valence-electron chi connectivity index (χ3n) is 7.49. The van der Waals surface area contributed by atoms with Crippen LogP contribution in [0.15, 0.2) is 96.2 Å². The molecule has 3 aromatic rings. The number of carbonyl (C=O) groups excluding carboxylic acids is 4. The van der Waals surface area contributed by atoms with E-state index < -0.39 is 61.2 Å². The second-order valence-corrected chi connectivity index (χ2v) is 22.1. The molecule has 0 aliphatic heterocycles. The lowest BCUT2D eigenvalue weighted by Gasteiger charge is -2.26. The van der Waals surface area contributed by atoms with Crippen molar-refractivity contribution in [2.45, 2.75) is 124 Å². The van der Waals surface area contributed by atoms with E-state index in [4.69, 9.17) is 20.6 Å². The van der Waals surface area contributed by atoms with Crippen LogP contribution >= 0.6 is 0 Å². The van der Waals surface area contributed by atoms with Crippen molar-refractivity contribution in [1.82, 2.24) is 5.32 Å². The number of carbonyl (C=O) groups is 4. The van der Waals surface area contributed by atoms with Crippen LogP contribution in [0.5, 0.6) is 0 Å². The molecule has 0 aliphatic rings. The lowest BCUT2D eigenvalue weighted by Crippen LogP contribution is -2.42. The van der Waals surface area contributed by atoms with Crippen molar-refractivity contribution >= 4 is 37.4 Å². The number of nitrogens with two attached hydrogens (primary N) is 1. The molecule has 4 atom stereocenters. The van der Waals surface area contributed by atoms with Gasteiger partial charge in [-0.2, -0.15) is 5.26 Å². The molecule has 12 nitrogen and oxygen atoms in total. The lowest BCUT2D eigenvalue weighted by molar-refractivity contribution is -0.152. The van der Waals surface area contributed by atoms with Crippen molar-refractivity contribution in [2.75, 3.05) is 0 Å². The van der Waals surface area contributed by atoms with Gasteiger partial charge in [0.2, 0.25) is 0 Å². The van der Waals surface area contributed by atoms with Crippen LogP contribution < -0.4 is 11.1 Å². The molecule has 1 amide bonds. The average molecular weight is 805 g/mol. The number of ketones is 2. The van der Waals surface area contributed by atoms with Crippen LogP contribution in [-0.2, 0) is 24.0 Å². The van der Waals surface area contributed by atoms with Gasteiger partial charge in [0.15, 0.2) is 17.3 Å². The molecule has 3 rings (SSSR count). The van der Waals surface area contributed by atoms with Crippen LogP contribution in [0.2, 0.25) is 25.7 Å². The molecule has 0 bridgehead atoms. The first kappa shape index (κ1) is 52.0. The van der Waals surface area contributed by atoms with Gasteiger partial charge < -0.3 is 30.8 Å². The normalized spacial score (nSPS) is 13.4. The summed E-state index contributed by atoms with van der Waals surface area (Å²) in [4.78, 5) is 50.2. The number of rotatable bonds is 11. The van der Waals surface area contributed by atoms with Crippen molar-refractivity contribution in [3.8, 4) is 6.07 Å². The largest absolute Gasteiger partial charge is 0.444 e. The summed E-state index contributed by atoms with van der Waals surface area (Å²) in [6.07, 6.45) is -1.73. The zero-order valence-corrected chi connectivity index (χ0v) is 36.7. The number of hydrogen-bond acceptors (Lipinski definition) is 11. The highest BCUT2D eigenvalue weighted by Crippen LogP contribution is 2.19. The number of aliphatic hydroxyl groups is 2. The summed E-state index contributed by atoms with van der Waals surface area (Å²) in [6.45, 7) is 22.5. The molecular formula is C44H64N4O8Si. The first-order chi connectivity index (χ1) is 26.3.